The van der Waals surface area contributed by atoms with Gasteiger partial charge in [0.05, 0.1) is 24.1 Å². The van der Waals surface area contributed by atoms with E-state index in [4.69, 9.17) is 4.74 Å². The van der Waals surface area contributed by atoms with Crippen molar-refractivity contribution >= 4 is 17.4 Å². The van der Waals surface area contributed by atoms with E-state index in [-0.39, 0.29) is 31.0 Å². The summed E-state index contributed by atoms with van der Waals surface area (Å²) in [6, 6.07) is 3.68. The van der Waals surface area contributed by atoms with Crippen LogP contribution in [-0.2, 0) is 16.0 Å². The third kappa shape index (κ3) is 4.86. The fourth-order valence-corrected chi connectivity index (χ4v) is 3.40. The molecule has 150 valence electrons. The van der Waals surface area contributed by atoms with Crippen LogP contribution in [0, 0.1) is 6.92 Å². The average molecular weight is 387 g/mol. The van der Waals surface area contributed by atoms with Crippen LogP contribution in [0.3, 0.4) is 0 Å². The zero-order valence-corrected chi connectivity index (χ0v) is 16.2. The molecule has 2 atom stereocenters. The molecule has 2 aromatic heterocycles. The van der Waals surface area contributed by atoms with Crippen LogP contribution in [0.15, 0.2) is 27.9 Å². The highest BCUT2D eigenvalue weighted by atomic mass is 16.5. The summed E-state index contributed by atoms with van der Waals surface area (Å²) >= 11 is 0. The highest BCUT2D eigenvalue weighted by Crippen LogP contribution is 2.19. The van der Waals surface area contributed by atoms with Crippen LogP contribution in [0.1, 0.15) is 31.5 Å². The van der Waals surface area contributed by atoms with Crippen molar-refractivity contribution in [3.05, 3.63) is 50.4 Å². The van der Waals surface area contributed by atoms with Gasteiger partial charge in [-0.25, -0.2) is 9.78 Å². The molecule has 3 rings (SSSR count). The van der Waals surface area contributed by atoms with Crippen molar-refractivity contribution in [2.45, 2.75) is 45.8 Å². The van der Waals surface area contributed by atoms with Crippen LogP contribution in [0.4, 0.5) is 11.5 Å². The smallest absolute Gasteiger partial charge is 0.325 e. The quantitative estimate of drug-likeness (QED) is 0.703. The topological polar surface area (TPSA) is 120 Å². The Balaban J connectivity index is 1.58. The van der Waals surface area contributed by atoms with E-state index in [2.05, 4.69) is 25.2 Å². The van der Waals surface area contributed by atoms with Crippen LogP contribution in [-0.4, -0.2) is 46.2 Å². The van der Waals surface area contributed by atoms with Gasteiger partial charge in [-0.3, -0.25) is 14.6 Å². The number of nitrogens with zero attached hydrogens (tertiary/aromatic N) is 2. The molecule has 28 heavy (non-hydrogen) atoms. The SMILES string of the molecule is Cc1[nH]c(=O)[nH]c(=O)c1CCC(=O)Nc1ccc(N2C[C@@H](C)O[C@H](C)C2)nc1. The average Bonchev–Trinajstić information content (AvgIpc) is 2.60. The lowest BCUT2D eigenvalue weighted by Gasteiger charge is -2.36. The van der Waals surface area contributed by atoms with E-state index in [0.29, 0.717) is 16.9 Å². The Morgan fingerprint density at radius 1 is 1.25 bits per heavy atom. The van der Waals surface area contributed by atoms with Crippen LogP contribution < -0.4 is 21.5 Å². The molecule has 9 nitrogen and oxygen atoms in total. The lowest BCUT2D eigenvalue weighted by atomic mass is 10.1. The predicted molar refractivity (Wildman–Crippen MR) is 106 cm³/mol. The van der Waals surface area contributed by atoms with Gasteiger partial charge in [-0.2, -0.15) is 0 Å². The van der Waals surface area contributed by atoms with Gasteiger partial charge in [-0.15, -0.1) is 0 Å². The second-order valence-electron chi connectivity index (χ2n) is 7.13. The van der Waals surface area contributed by atoms with Crippen LogP contribution in [0.2, 0.25) is 0 Å². The molecule has 0 aromatic carbocycles. The third-order valence-electron chi connectivity index (χ3n) is 4.63. The first kappa shape index (κ1) is 19.8. The Morgan fingerprint density at radius 2 is 1.96 bits per heavy atom. The number of H-pyrrole nitrogens is 2. The molecule has 1 saturated heterocycles. The number of morpholine rings is 1. The number of ether oxygens (including phenoxy) is 1. The van der Waals surface area contributed by atoms with E-state index in [1.807, 2.05) is 26.0 Å². The molecule has 9 heteroatoms. The largest absolute Gasteiger partial charge is 0.372 e. The fourth-order valence-electron chi connectivity index (χ4n) is 3.40. The minimum atomic E-state index is -0.550. The third-order valence-corrected chi connectivity index (χ3v) is 4.63. The summed E-state index contributed by atoms with van der Waals surface area (Å²) < 4.78 is 5.73. The summed E-state index contributed by atoms with van der Waals surface area (Å²) in [5.74, 6) is 0.614. The first-order valence-electron chi connectivity index (χ1n) is 9.30. The predicted octanol–water partition coefficient (Wildman–Crippen LogP) is 0.952. The molecule has 1 aliphatic rings. The Kier molecular flexibility index (Phi) is 5.93. The second kappa shape index (κ2) is 8.39. The maximum atomic E-state index is 12.2. The fraction of sp³-hybridized carbons (Fsp3) is 0.474. The molecule has 3 heterocycles. The van der Waals surface area contributed by atoms with Crippen LogP contribution >= 0.6 is 0 Å². The minimum Gasteiger partial charge on any atom is -0.372 e. The van der Waals surface area contributed by atoms with Gasteiger partial charge >= 0.3 is 5.69 Å². The molecular formula is C19H25N5O4. The minimum absolute atomic E-state index is 0.121. The summed E-state index contributed by atoms with van der Waals surface area (Å²) in [4.78, 5) is 46.6. The zero-order valence-electron chi connectivity index (χ0n) is 16.2. The van der Waals surface area contributed by atoms with Crippen molar-refractivity contribution < 1.29 is 9.53 Å². The number of anilines is 2. The molecule has 0 radical (unpaired) electrons. The van der Waals surface area contributed by atoms with E-state index < -0.39 is 11.2 Å². The monoisotopic (exact) mass is 387 g/mol. The first-order chi connectivity index (χ1) is 13.3. The Labute approximate surface area is 162 Å². The van der Waals surface area contributed by atoms with Gasteiger partial charge < -0.3 is 19.9 Å². The molecular weight excluding hydrogens is 362 g/mol. The van der Waals surface area contributed by atoms with Crippen LogP contribution in [0.5, 0.6) is 0 Å². The maximum absolute atomic E-state index is 12.2. The molecule has 3 N–H and O–H groups in total. The van der Waals surface area contributed by atoms with Gasteiger partial charge in [0, 0.05) is 30.8 Å². The molecule has 0 spiro atoms. The number of nitrogens with one attached hydrogen (secondary N) is 3. The number of carbonyl (C=O) groups is 1. The van der Waals surface area contributed by atoms with Crippen molar-refractivity contribution in [3.63, 3.8) is 0 Å². The summed E-state index contributed by atoms with van der Waals surface area (Å²) in [5.41, 5.74) is 0.454. The number of hydrogen-bond donors (Lipinski definition) is 3. The lowest BCUT2D eigenvalue weighted by Crippen LogP contribution is -2.45. The summed E-state index contributed by atoms with van der Waals surface area (Å²) in [7, 11) is 0. The van der Waals surface area contributed by atoms with Gasteiger partial charge in [0.15, 0.2) is 0 Å². The van der Waals surface area contributed by atoms with Crippen molar-refractivity contribution in [1.29, 1.82) is 0 Å². The summed E-state index contributed by atoms with van der Waals surface area (Å²) in [5, 5.41) is 2.78. The van der Waals surface area contributed by atoms with Crippen molar-refractivity contribution in [3.8, 4) is 0 Å². The van der Waals surface area contributed by atoms with E-state index in [1.165, 1.54) is 0 Å². The molecule has 1 amide bonds. The number of aromatic amines is 2. The van der Waals surface area contributed by atoms with Crippen molar-refractivity contribution in [1.82, 2.24) is 15.0 Å². The number of aromatic nitrogens is 3. The standard InChI is InChI=1S/C19H25N5O4/c1-11-9-24(10-12(2)28-11)16-6-4-14(8-20-16)22-17(25)7-5-15-13(3)21-19(27)23-18(15)26/h4,6,8,11-12H,5,7,9-10H2,1-3H3,(H,22,25)(H2,21,23,26,27)/t11-,12-/m1/s1. The normalized spacial score (nSPS) is 19.5. The van der Waals surface area contributed by atoms with Gasteiger partial charge in [-0.1, -0.05) is 0 Å². The molecule has 0 aliphatic carbocycles. The molecule has 0 bridgehead atoms. The lowest BCUT2D eigenvalue weighted by molar-refractivity contribution is -0.116. The second-order valence-corrected chi connectivity index (χ2v) is 7.13. The Morgan fingerprint density at radius 3 is 2.57 bits per heavy atom. The molecule has 2 aromatic rings. The zero-order chi connectivity index (χ0) is 20.3. The number of aryl methyl sites for hydroxylation is 1. The van der Waals surface area contributed by atoms with Crippen LogP contribution in [0.25, 0.3) is 0 Å². The number of carbonyl (C=O) groups excluding carboxylic acids is 1. The highest BCUT2D eigenvalue weighted by Gasteiger charge is 2.23. The van der Waals surface area contributed by atoms with Gasteiger partial charge in [0.2, 0.25) is 5.91 Å². The van der Waals surface area contributed by atoms with E-state index in [0.717, 1.165) is 18.9 Å². The van der Waals surface area contributed by atoms with Crippen molar-refractivity contribution in [2.75, 3.05) is 23.3 Å². The number of amides is 1. The van der Waals surface area contributed by atoms with E-state index in [1.54, 1.807) is 13.1 Å². The molecule has 1 fully saturated rings. The molecule has 0 saturated carbocycles. The highest BCUT2D eigenvalue weighted by molar-refractivity contribution is 5.90. The van der Waals surface area contributed by atoms with Gasteiger partial charge in [0.1, 0.15) is 5.82 Å². The first-order valence-corrected chi connectivity index (χ1v) is 9.30. The summed E-state index contributed by atoms with van der Waals surface area (Å²) in [6.07, 6.45) is 2.26. The van der Waals surface area contributed by atoms with Gasteiger partial charge in [-0.05, 0) is 39.3 Å². The summed E-state index contributed by atoms with van der Waals surface area (Å²) in [6.45, 7) is 7.25. The number of hydrogen-bond acceptors (Lipinski definition) is 6. The Hall–Kier alpha value is -2.94. The van der Waals surface area contributed by atoms with Crippen molar-refractivity contribution in [2.24, 2.45) is 0 Å². The van der Waals surface area contributed by atoms with Gasteiger partial charge in [0.25, 0.3) is 5.56 Å². The Bertz CT molecular complexity index is 940. The van der Waals surface area contributed by atoms with E-state index in [9.17, 15) is 14.4 Å². The number of rotatable bonds is 5. The molecule has 0 unspecified atom stereocenters. The number of pyridine rings is 1. The van der Waals surface area contributed by atoms with E-state index >= 15 is 0 Å². The molecule has 1 aliphatic heterocycles. The maximum Gasteiger partial charge on any atom is 0.325 e.